The van der Waals surface area contributed by atoms with Gasteiger partial charge in [0.25, 0.3) is 0 Å². The lowest BCUT2D eigenvalue weighted by molar-refractivity contribution is 0.380. The second kappa shape index (κ2) is 6.73. The van der Waals surface area contributed by atoms with E-state index in [1.54, 1.807) is 24.3 Å². The van der Waals surface area contributed by atoms with Crippen LogP contribution < -0.4 is 5.32 Å². The molecule has 2 rings (SSSR count). The summed E-state index contributed by atoms with van der Waals surface area (Å²) >= 11 is 5.76. The van der Waals surface area contributed by atoms with Crippen molar-refractivity contribution in [2.45, 2.75) is 43.0 Å². The quantitative estimate of drug-likeness (QED) is 0.909. The molecule has 5 heteroatoms. The lowest BCUT2D eigenvalue weighted by atomic mass is 9.96. The summed E-state index contributed by atoms with van der Waals surface area (Å²) in [6, 6.07) is 6.86. The molecular weight excluding hydrogens is 282 g/mol. The molecule has 0 amide bonds. The van der Waals surface area contributed by atoms with Crippen LogP contribution in [0.25, 0.3) is 0 Å². The van der Waals surface area contributed by atoms with Gasteiger partial charge in [-0.1, -0.05) is 30.9 Å². The van der Waals surface area contributed by atoms with E-state index in [1.165, 1.54) is 32.1 Å². The Morgan fingerprint density at radius 3 is 2.37 bits per heavy atom. The zero-order valence-electron chi connectivity index (χ0n) is 10.9. The van der Waals surface area contributed by atoms with Crippen molar-refractivity contribution in [3.63, 3.8) is 0 Å². The third-order valence-electron chi connectivity index (χ3n) is 3.58. The predicted molar refractivity (Wildman–Crippen MR) is 78.4 cm³/mol. The van der Waals surface area contributed by atoms with Crippen molar-refractivity contribution in [3.8, 4) is 0 Å². The molecule has 0 unspecified atom stereocenters. The van der Waals surface area contributed by atoms with Crippen LogP contribution in [-0.4, -0.2) is 26.8 Å². The van der Waals surface area contributed by atoms with Crippen molar-refractivity contribution in [1.82, 2.24) is 5.32 Å². The van der Waals surface area contributed by atoms with Crippen molar-refractivity contribution in [3.05, 3.63) is 29.3 Å². The molecular formula is C14H20ClNO2S. The van der Waals surface area contributed by atoms with E-state index < -0.39 is 9.84 Å². The standard InChI is InChI=1S/C14H20ClNO2S/c15-12-6-8-14(9-7-12)19(17,18)11-10-16-13-4-2-1-3-5-13/h6-9,13,16H,1-5,10-11H2. The second-order valence-corrected chi connectivity index (χ2v) is 7.61. The summed E-state index contributed by atoms with van der Waals surface area (Å²) in [5.74, 6) is 0.144. The average Bonchev–Trinajstić information content (AvgIpc) is 2.40. The maximum atomic E-state index is 12.1. The van der Waals surface area contributed by atoms with Crippen LogP contribution in [0.15, 0.2) is 29.2 Å². The van der Waals surface area contributed by atoms with E-state index in [2.05, 4.69) is 5.32 Å². The first-order valence-electron chi connectivity index (χ1n) is 6.80. The molecule has 0 bridgehead atoms. The fourth-order valence-corrected chi connectivity index (χ4v) is 3.76. The Hall–Kier alpha value is -0.580. The summed E-state index contributed by atoms with van der Waals surface area (Å²) in [6.07, 6.45) is 6.15. The largest absolute Gasteiger partial charge is 0.313 e. The maximum absolute atomic E-state index is 12.1. The van der Waals surface area contributed by atoms with Crippen molar-refractivity contribution in [1.29, 1.82) is 0 Å². The van der Waals surface area contributed by atoms with Crippen molar-refractivity contribution in [2.75, 3.05) is 12.3 Å². The molecule has 0 atom stereocenters. The first kappa shape index (κ1) is 14.8. The number of sulfone groups is 1. The second-order valence-electron chi connectivity index (χ2n) is 5.06. The van der Waals surface area contributed by atoms with Gasteiger partial charge in [0, 0.05) is 17.6 Å². The summed E-state index contributed by atoms with van der Waals surface area (Å²) in [5, 5.41) is 3.91. The minimum absolute atomic E-state index is 0.144. The highest BCUT2D eigenvalue weighted by atomic mass is 35.5. The van der Waals surface area contributed by atoms with Crippen LogP contribution in [-0.2, 0) is 9.84 Å². The molecule has 0 saturated heterocycles. The monoisotopic (exact) mass is 301 g/mol. The van der Waals surface area contributed by atoms with Gasteiger partial charge < -0.3 is 5.32 Å². The van der Waals surface area contributed by atoms with Crippen LogP contribution in [0.4, 0.5) is 0 Å². The Bertz CT molecular complexity index is 493. The number of hydrogen-bond donors (Lipinski definition) is 1. The fraction of sp³-hybridized carbons (Fsp3) is 0.571. The summed E-state index contributed by atoms with van der Waals surface area (Å²) in [5.41, 5.74) is 0. The zero-order chi connectivity index (χ0) is 13.7. The topological polar surface area (TPSA) is 46.2 Å². The Balaban J connectivity index is 1.85. The molecule has 1 aliphatic carbocycles. The molecule has 0 aromatic heterocycles. The summed E-state index contributed by atoms with van der Waals surface area (Å²) in [4.78, 5) is 0.349. The summed E-state index contributed by atoms with van der Waals surface area (Å²) in [7, 11) is -3.20. The van der Waals surface area contributed by atoms with Crippen LogP contribution in [0, 0.1) is 0 Å². The number of benzene rings is 1. The van der Waals surface area contributed by atoms with Gasteiger partial charge in [-0.05, 0) is 37.1 Å². The van der Waals surface area contributed by atoms with Gasteiger partial charge in [0.1, 0.15) is 0 Å². The van der Waals surface area contributed by atoms with E-state index in [0.717, 1.165) is 0 Å². The molecule has 1 saturated carbocycles. The fourth-order valence-electron chi connectivity index (χ4n) is 2.46. The average molecular weight is 302 g/mol. The first-order valence-corrected chi connectivity index (χ1v) is 8.83. The molecule has 19 heavy (non-hydrogen) atoms. The highest BCUT2D eigenvalue weighted by molar-refractivity contribution is 7.91. The van der Waals surface area contributed by atoms with Crippen LogP contribution in [0.2, 0.25) is 5.02 Å². The predicted octanol–water partition coefficient (Wildman–Crippen LogP) is 3.04. The van der Waals surface area contributed by atoms with Crippen molar-refractivity contribution < 1.29 is 8.42 Å². The number of hydrogen-bond acceptors (Lipinski definition) is 3. The molecule has 0 radical (unpaired) electrons. The molecule has 1 aromatic rings. The van der Waals surface area contributed by atoms with Gasteiger partial charge >= 0.3 is 0 Å². The minimum atomic E-state index is -3.20. The van der Waals surface area contributed by atoms with Crippen molar-refractivity contribution >= 4 is 21.4 Å². The van der Waals surface area contributed by atoms with E-state index in [4.69, 9.17) is 11.6 Å². The maximum Gasteiger partial charge on any atom is 0.179 e. The van der Waals surface area contributed by atoms with Gasteiger partial charge in [-0.3, -0.25) is 0 Å². The van der Waals surface area contributed by atoms with Gasteiger partial charge in [-0.15, -0.1) is 0 Å². The van der Waals surface area contributed by atoms with E-state index in [1.807, 2.05) is 0 Å². The third-order valence-corrected chi connectivity index (χ3v) is 5.57. The normalized spacial score (nSPS) is 17.5. The number of nitrogens with one attached hydrogen (secondary N) is 1. The van der Waals surface area contributed by atoms with Gasteiger partial charge in [0.2, 0.25) is 0 Å². The van der Waals surface area contributed by atoms with Crippen molar-refractivity contribution in [2.24, 2.45) is 0 Å². The zero-order valence-corrected chi connectivity index (χ0v) is 12.5. The molecule has 1 N–H and O–H groups in total. The highest BCUT2D eigenvalue weighted by Crippen LogP contribution is 2.18. The van der Waals surface area contributed by atoms with Crippen LogP contribution >= 0.6 is 11.6 Å². The lowest BCUT2D eigenvalue weighted by Gasteiger charge is -2.22. The number of halogens is 1. The first-order chi connectivity index (χ1) is 9.08. The Kier molecular flexibility index (Phi) is 5.25. The van der Waals surface area contributed by atoms with Gasteiger partial charge in [-0.2, -0.15) is 0 Å². The van der Waals surface area contributed by atoms with Crippen LogP contribution in [0.1, 0.15) is 32.1 Å². The molecule has 1 aliphatic rings. The lowest BCUT2D eigenvalue weighted by Crippen LogP contribution is -2.34. The summed E-state index contributed by atoms with van der Waals surface area (Å²) < 4.78 is 24.2. The molecule has 1 aromatic carbocycles. The Morgan fingerprint density at radius 2 is 1.74 bits per heavy atom. The molecule has 3 nitrogen and oxygen atoms in total. The van der Waals surface area contributed by atoms with Crippen LogP contribution in [0.3, 0.4) is 0 Å². The third kappa shape index (κ3) is 4.48. The molecule has 106 valence electrons. The van der Waals surface area contributed by atoms with Crippen LogP contribution in [0.5, 0.6) is 0 Å². The highest BCUT2D eigenvalue weighted by Gasteiger charge is 2.16. The molecule has 1 fully saturated rings. The molecule has 0 aliphatic heterocycles. The minimum Gasteiger partial charge on any atom is -0.313 e. The van der Waals surface area contributed by atoms with E-state index in [0.29, 0.717) is 22.5 Å². The smallest absolute Gasteiger partial charge is 0.179 e. The Morgan fingerprint density at radius 1 is 1.11 bits per heavy atom. The van der Waals surface area contributed by atoms with Gasteiger partial charge in [0.15, 0.2) is 9.84 Å². The van der Waals surface area contributed by atoms with Gasteiger partial charge in [0.05, 0.1) is 10.6 Å². The van der Waals surface area contributed by atoms with E-state index in [9.17, 15) is 8.42 Å². The Labute approximate surface area is 120 Å². The van der Waals surface area contributed by atoms with E-state index >= 15 is 0 Å². The summed E-state index contributed by atoms with van der Waals surface area (Å²) in [6.45, 7) is 0.523. The van der Waals surface area contributed by atoms with Gasteiger partial charge in [-0.25, -0.2) is 8.42 Å². The SMILES string of the molecule is O=S(=O)(CCNC1CCCCC1)c1ccc(Cl)cc1. The van der Waals surface area contributed by atoms with E-state index in [-0.39, 0.29) is 5.75 Å². The molecule has 0 heterocycles. The molecule has 0 spiro atoms. The number of rotatable bonds is 5.